The molecule has 2 amide bonds. The molecule has 0 unspecified atom stereocenters. The fourth-order valence-corrected chi connectivity index (χ4v) is 2.20. The van der Waals surface area contributed by atoms with Crippen LogP contribution in [0.4, 0.5) is 10.8 Å². The summed E-state index contributed by atoms with van der Waals surface area (Å²) in [6.07, 6.45) is 5.21. The van der Waals surface area contributed by atoms with Gasteiger partial charge in [-0.2, -0.15) is 0 Å². The van der Waals surface area contributed by atoms with E-state index in [0.717, 1.165) is 25.7 Å². The lowest BCUT2D eigenvalue weighted by Crippen LogP contribution is -2.38. The van der Waals surface area contributed by atoms with Crippen LogP contribution in [0.3, 0.4) is 0 Å². The average Bonchev–Trinajstić information content (AvgIpc) is 2.74. The Labute approximate surface area is 106 Å². The molecule has 0 saturated heterocycles. The lowest BCUT2D eigenvalue weighted by atomic mass is 9.86. The van der Waals surface area contributed by atoms with E-state index in [9.17, 15) is 9.90 Å². The van der Waals surface area contributed by atoms with Crippen LogP contribution in [0.2, 0.25) is 0 Å². The van der Waals surface area contributed by atoms with Gasteiger partial charge in [0.15, 0.2) is 0 Å². The molecule has 1 aliphatic rings. The van der Waals surface area contributed by atoms with Crippen LogP contribution in [0.1, 0.15) is 31.4 Å². The molecule has 3 N–H and O–H groups in total. The number of aryl methyl sites for hydroxylation is 1. The van der Waals surface area contributed by atoms with E-state index in [2.05, 4.69) is 15.6 Å². The summed E-state index contributed by atoms with van der Waals surface area (Å²) in [6.45, 7) is 2.24. The van der Waals surface area contributed by atoms with Crippen LogP contribution in [0.15, 0.2) is 10.6 Å². The lowest BCUT2D eigenvalue weighted by molar-refractivity contribution is 0.0711. The van der Waals surface area contributed by atoms with Crippen LogP contribution < -0.4 is 10.6 Å². The Kier molecular flexibility index (Phi) is 4.19. The van der Waals surface area contributed by atoms with Gasteiger partial charge in [0.05, 0.1) is 12.3 Å². The van der Waals surface area contributed by atoms with Crippen molar-refractivity contribution in [2.45, 2.75) is 38.7 Å². The minimum Gasteiger partial charge on any atom is -0.429 e. The van der Waals surface area contributed by atoms with E-state index in [1.807, 2.05) is 0 Å². The summed E-state index contributed by atoms with van der Waals surface area (Å²) in [5.74, 6) is 0.795. The SMILES string of the molecule is Cc1cnc(NC(=O)NC[C@H]2CCCC[C@@H]2O)o1. The highest BCUT2D eigenvalue weighted by molar-refractivity contribution is 5.86. The molecular weight excluding hydrogens is 234 g/mol. The van der Waals surface area contributed by atoms with E-state index in [4.69, 9.17) is 4.42 Å². The third kappa shape index (κ3) is 3.46. The van der Waals surface area contributed by atoms with Crippen LogP contribution in [0, 0.1) is 12.8 Å². The molecule has 1 aromatic rings. The van der Waals surface area contributed by atoms with Gasteiger partial charge in [0.2, 0.25) is 0 Å². The maximum atomic E-state index is 11.6. The quantitative estimate of drug-likeness (QED) is 0.764. The minimum absolute atomic E-state index is 0.149. The number of nitrogens with one attached hydrogen (secondary N) is 2. The number of rotatable bonds is 3. The molecule has 18 heavy (non-hydrogen) atoms. The zero-order chi connectivity index (χ0) is 13.0. The first-order chi connectivity index (χ1) is 8.65. The summed E-state index contributed by atoms with van der Waals surface area (Å²) in [5.41, 5.74) is 0. The van der Waals surface area contributed by atoms with Gasteiger partial charge in [-0.3, -0.25) is 5.32 Å². The predicted octanol–water partition coefficient (Wildman–Crippen LogP) is 1.66. The molecule has 1 saturated carbocycles. The summed E-state index contributed by atoms with van der Waals surface area (Å²) >= 11 is 0. The van der Waals surface area contributed by atoms with Crippen molar-refractivity contribution in [3.63, 3.8) is 0 Å². The van der Waals surface area contributed by atoms with Gasteiger partial charge in [-0.15, -0.1) is 0 Å². The molecule has 1 fully saturated rings. The third-order valence-corrected chi connectivity index (χ3v) is 3.24. The number of urea groups is 1. The van der Waals surface area contributed by atoms with Crippen molar-refractivity contribution in [2.75, 3.05) is 11.9 Å². The van der Waals surface area contributed by atoms with E-state index < -0.39 is 0 Å². The van der Waals surface area contributed by atoms with Crippen molar-refractivity contribution in [3.05, 3.63) is 12.0 Å². The number of aliphatic hydroxyl groups is 1. The first-order valence-corrected chi connectivity index (χ1v) is 6.30. The standard InChI is InChI=1S/C12H19N3O3/c1-8-6-14-12(18-8)15-11(17)13-7-9-4-2-3-5-10(9)16/h6,9-10,16H,2-5,7H2,1H3,(H2,13,14,15,17)/t9-,10+/m1/s1. The van der Waals surface area contributed by atoms with Gasteiger partial charge in [-0.1, -0.05) is 12.8 Å². The summed E-state index contributed by atoms with van der Waals surface area (Å²) in [7, 11) is 0. The van der Waals surface area contributed by atoms with Crippen molar-refractivity contribution < 1.29 is 14.3 Å². The van der Waals surface area contributed by atoms with Gasteiger partial charge in [0.1, 0.15) is 5.76 Å². The van der Waals surface area contributed by atoms with Crippen molar-refractivity contribution >= 4 is 12.0 Å². The summed E-state index contributed by atoms with van der Waals surface area (Å²) in [5, 5.41) is 15.0. The number of carbonyl (C=O) groups is 1. The number of carbonyl (C=O) groups excluding carboxylic acids is 1. The van der Waals surface area contributed by atoms with Gasteiger partial charge in [0.25, 0.3) is 0 Å². The highest BCUT2D eigenvalue weighted by Gasteiger charge is 2.23. The zero-order valence-corrected chi connectivity index (χ0v) is 10.5. The smallest absolute Gasteiger partial charge is 0.322 e. The van der Waals surface area contributed by atoms with E-state index in [1.54, 1.807) is 13.1 Å². The molecule has 0 spiro atoms. The Bertz CT molecular complexity index is 405. The van der Waals surface area contributed by atoms with Crippen LogP contribution in [0.5, 0.6) is 0 Å². The minimum atomic E-state index is -0.352. The van der Waals surface area contributed by atoms with Crippen LogP contribution >= 0.6 is 0 Å². The summed E-state index contributed by atoms with van der Waals surface area (Å²) in [4.78, 5) is 15.4. The van der Waals surface area contributed by atoms with Crippen LogP contribution in [0.25, 0.3) is 0 Å². The highest BCUT2D eigenvalue weighted by atomic mass is 16.4. The Hall–Kier alpha value is -1.56. The fourth-order valence-electron chi connectivity index (χ4n) is 2.20. The second kappa shape index (κ2) is 5.86. The van der Waals surface area contributed by atoms with Crippen molar-refractivity contribution in [1.29, 1.82) is 0 Å². The monoisotopic (exact) mass is 253 g/mol. The molecule has 0 radical (unpaired) electrons. The molecule has 6 heteroatoms. The fraction of sp³-hybridized carbons (Fsp3) is 0.667. The number of nitrogens with zero attached hydrogens (tertiary/aromatic N) is 1. The van der Waals surface area contributed by atoms with E-state index in [-0.39, 0.29) is 24.1 Å². The molecule has 0 aromatic carbocycles. The largest absolute Gasteiger partial charge is 0.429 e. The zero-order valence-electron chi connectivity index (χ0n) is 10.5. The molecule has 2 rings (SSSR count). The third-order valence-electron chi connectivity index (χ3n) is 3.24. The first-order valence-electron chi connectivity index (χ1n) is 6.30. The normalized spacial score (nSPS) is 23.7. The number of aromatic nitrogens is 1. The maximum Gasteiger partial charge on any atom is 0.322 e. The summed E-state index contributed by atoms with van der Waals surface area (Å²) < 4.78 is 5.13. The van der Waals surface area contributed by atoms with Crippen molar-refractivity contribution in [1.82, 2.24) is 10.3 Å². The number of hydrogen-bond donors (Lipinski definition) is 3. The van der Waals surface area contributed by atoms with Gasteiger partial charge in [-0.05, 0) is 19.8 Å². The van der Waals surface area contributed by atoms with Crippen LogP contribution in [-0.2, 0) is 0 Å². The Morgan fingerprint density at radius 3 is 3.00 bits per heavy atom. The number of hydrogen-bond acceptors (Lipinski definition) is 4. The molecule has 6 nitrogen and oxygen atoms in total. The van der Waals surface area contributed by atoms with Crippen molar-refractivity contribution in [2.24, 2.45) is 5.92 Å². The van der Waals surface area contributed by atoms with Gasteiger partial charge in [-0.25, -0.2) is 9.78 Å². The highest BCUT2D eigenvalue weighted by Crippen LogP contribution is 2.23. The number of amides is 2. The molecule has 1 heterocycles. The Balaban J connectivity index is 1.74. The molecule has 100 valence electrons. The lowest BCUT2D eigenvalue weighted by Gasteiger charge is -2.27. The maximum absolute atomic E-state index is 11.6. The van der Waals surface area contributed by atoms with Crippen molar-refractivity contribution in [3.8, 4) is 0 Å². The molecule has 0 aliphatic heterocycles. The first kappa shape index (κ1) is 12.9. The van der Waals surface area contributed by atoms with E-state index >= 15 is 0 Å². The molecular formula is C12H19N3O3. The van der Waals surface area contributed by atoms with Crippen LogP contribution in [-0.4, -0.2) is 28.8 Å². The average molecular weight is 253 g/mol. The second-order valence-electron chi connectivity index (χ2n) is 4.72. The predicted molar refractivity (Wildman–Crippen MR) is 66.2 cm³/mol. The molecule has 2 atom stereocenters. The number of oxazole rings is 1. The second-order valence-corrected chi connectivity index (χ2v) is 4.72. The molecule has 1 aromatic heterocycles. The molecule has 1 aliphatic carbocycles. The Morgan fingerprint density at radius 1 is 1.56 bits per heavy atom. The van der Waals surface area contributed by atoms with E-state index in [1.165, 1.54) is 0 Å². The van der Waals surface area contributed by atoms with Gasteiger partial charge >= 0.3 is 12.0 Å². The van der Waals surface area contributed by atoms with Gasteiger partial charge < -0.3 is 14.8 Å². The number of aliphatic hydroxyl groups excluding tert-OH is 1. The number of anilines is 1. The molecule has 0 bridgehead atoms. The Morgan fingerprint density at radius 2 is 2.33 bits per heavy atom. The topological polar surface area (TPSA) is 87.4 Å². The van der Waals surface area contributed by atoms with E-state index in [0.29, 0.717) is 12.3 Å². The summed E-state index contributed by atoms with van der Waals surface area (Å²) in [6, 6.07) is -0.163. The van der Waals surface area contributed by atoms with Gasteiger partial charge in [0, 0.05) is 12.5 Å².